The first-order valence-corrected chi connectivity index (χ1v) is 6.73. The summed E-state index contributed by atoms with van der Waals surface area (Å²) in [4.78, 5) is 11.6. The zero-order valence-electron chi connectivity index (χ0n) is 10.4. The molecule has 17 heavy (non-hydrogen) atoms. The smallest absolute Gasteiger partial charge is 0.146 e. The van der Waals surface area contributed by atoms with Crippen LogP contribution in [0.4, 0.5) is 0 Å². The third kappa shape index (κ3) is 2.13. The van der Waals surface area contributed by atoms with Gasteiger partial charge in [-0.15, -0.1) is 0 Å². The molecule has 1 saturated carbocycles. The van der Waals surface area contributed by atoms with Crippen molar-refractivity contribution in [3.63, 3.8) is 0 Å². The average Bonchev–Trinajstić information content (AvgIpc) is 2.30. The molecule has 92 valence electrons. The number of carbonyl (C=O) groups is 1. The van der Waals surface area contributed by atoms with Gasteiger partial charge in [0.15, 0.2) is 0 Å². The van der Waals surface area contributed by atoms with E-state index in [9.17, 15) is 4.79 Å². The number of ketones is 1. The maximum absolute atomic E-state index is 11.6. The van der Waals surface area contributed by atoms with E-state index in [2.05, 4.69) is 15.9 Å². The number of rotatable bonds is 3. The van der Waals surface area contributed by atoms with Gasteiger partial charge in [-0.1, -0.05) is 13.0 Å². The fourth-order valence-electron chi connectivity index (χ4n) is 2.13. The van der Waals surface area contributed by atoms with Gasteiger partial charge in [-0.05, 0) is 53.9 Å². The lowest BCUT2D eigenvalue weighted by Crippen LogP contribution is -2.54. The van der Waals surface area contributed by atoms with E-state index in [1.54, 1.807) is 0 Å². The summed E-state index contributed by atoms with van der Waals surface area (Å²) in [7, 11) is 0. The molecule has 1 aliphatic rings. The molecule has 1 aromatic carbocycles. The number of hydrogen-bond acceptors (Lipinski definition) is 2. The van der Waals surface area contributed by atoms with Gasteiger partial charge < -0.3 is 4.74 Å². The fourth-order valence-corrected chi connectivity index (χ4v) is 2.71. The van der Waals surface area contributed by atoms with Crippen molar-refractivity contribution in [2.75, 3.05) is 0 Å². The number of aryl methyl sites for hydroxylation is 1. The summed E-state index contributed by atoms with van der Waals surface area (Å²) in [6, 6.07) is 6.00. The Morgan fingerprint density at radius 2 is 2.24 bits per heavy atom. The van der Waals surface area contributed by atoms with E-state index in [1.165, 1.54) is 5.56 Å². The highest BCUT2D eigenvalue weighted by molar-refractivity contribution is 9.10. The molecule has 2 atom stereocenters. The minimum atomic E-state index is -0.301. The van der Waals surface area contributed by atoms with Crippen molar-refractivity contribution < 1.29 is 9.53 Å². The molecule has 0 heterocycles. The van der Waals surface area contributed by atoms with Crippen molar-refractivity contribution in [3.8, 4) is 5.75 Å². The molecule has 0 amide bonds. The monoisotopic (exact) mass is 296 g/mol. The largest absolute Gasteiger partial charge is 0.488 e. The maximum Gasteiger partial charge on any atom is 0.146 e. The zero-order valence-corrected chi connectivity index (χ0v) is 12.0. The molecule has 0 radical (unpaired) electrons. The minimum absolute atomic E-state index is 0.0130. The summed E-state index contributed by atoms with van der Waals surface area (Å²) in [6.07, 6.45) is 1.38. The van der Waals surface area contributed by atoms with E-state index in [0.29, 0.717) is 12.2 Å². The lowest BCUT2D eigenvalue weighted by Gasteiger charge is -2.44. The number of benzene rings is 1. The maximum atomic E-state index is 11.6. The van der Waals surface area contributed by atoms with Crippen molar-refractivity contribution in [1.82, 2.24) is 0 Å². The minimum Gasteiger partial charge on any atom is -0.488 e. The van der Waals surface area contributed by atoms with Gasteiger partial charge >= 0.3 is 0 Å². The van der Waals surface area contributed by atoms with Gasteiger partial charge in [0.25, 0.3) is 0 Å². The Morgan fingerprint density at radius 1 is 1.53 bits per heavy atom. The molecule has 3 heteroatoms. The van der Waals surface area contributed by atoms with Crippen molar-refractivity contribution >= 4 is 21.7 Å². The van der Waals surface area contributed by atoms with E-state index >= 15 is 0 Å². The molecule has 1 aromatic rings. The quantitative estimate of drug-likeness (QED) is 0.846. The normalized spacial score (nSPS) is 27.8. The summed E-state index contributed by atoms with van der Waals surface area (Å²) in [5.41, 5.74) is 0.886. The Labute approximate surface area is 110 Å². The number of carbonyl (C=O) groups excluding carboxylic acids is 1. The van der Waals surface area contributed by atoms with Crippen LogP contribution in [0.25, 0.3) is 0 Å². The van der Waals surface area contributed by atoms with Crippen LogP contribution in [-0.4, -0.2) is 11.9 Å². The van der Waals surface area contributed by atoms with Gasteiger partial charge in [0.1, 0.15) is 17.6 Å². The van der Waals surface area contributed by atoms with Crippen LogP contribution in [0.2, 0.25) is 0 Å². The Hall–Kier alpha value is -0.830. The van der Waals surface area contributed by atoms with Crippen LogP contribution in [0.3, 0.4) is 0 Å². The molecule has 2 nitrogen and oxygen atoms in total. The summed E-state index contributed by atoms with van der Waals surface area (Å²) < 4.78 is 6.90. The zero-order chi connectivity index (χ0) is 12.6. The number of hydrogen-bond donors (Lipinski definition) is 0. The first kappa shape index (κ1) is 12.6. The van der Waals surface area contributed by atoms with Crippen LogP contribution in [0.15, 0.2) is 22.7 Å². The summed E-state index contributed by atoms with van der Waals surface area (Å²) in [5, 5.41) is 0. The summed E-state index contributed by atoms with van der Waals surface area (Å²) in [6.45, 7) is 6.07. The molecule has 0 bridgehead atoms. The number of ether oxygens (including phenoxy) is 1. The first-order valence-electron chi connectivity index (χ1n) is 5.93. The van der Waals surface area contributed by atoms with E-state index in [1.807, 2.05) is 39.0 Å². The van der Waals surface area contributed by atoms with Crippen LogP contribution in [0, 0.1) is 12.3 Å². The van der Waals surface area contributed by atoms with Crippen LogP contribution in [-0.2, 0) is 4.79 Å². The van der Waals surface area contributed by atoms with Crippen molar-refractivity contribution in [2.24, 2.45) is 5.41 Å². The van der Waals surface area contributed by atoms with E-state index in [4.69, 9.17) is 4.74 Å². The molecule has 1 aliphatic carbocycles. The second-order valence-electron chi connectivity index (χ2n) is 4.94. The Balaban J connectivity index is 2.15. The number of Topliss-reactive ketones (excluding diaryl/α,β-unsaturated/α-hetero) is 1. The molecule has 2 rings (SSSR count). The summed E-state index contributed by atoms with van der Waals surface area (Å²) in [5.74, 6) is 1.14. The third-order valence-corrected chi connectivity index (χ3v) is 4.43. The molecule has 2 unspecified atom stereocenters. The van der Waals surface area contributed by atoms with Crippen LogP contribution in [0.5, 0.6) is 5.75 Å². The van der Waals surface area contributed by atoms with E-state index in [-0.39, 0.29) is 11.5 Å². The highest BCUT2D eigenvalue weighted by atomic mass is 79.9. The first-order chi connectivity index (χ1) is 7.97. The van der Waals surface area contributed by atoms with E-state index in [0.717, 1.165) is 16.6 Å². The summed E-state index contributed by atoms with van der Waals surface area (Å²) >= 11 is 3.49. The molecule has 0 N–H and O–H groups in total. The van der Waals surface area contributed by atoms with Gasteiger partial charge in [0.2, 0.25) is 0 Å². The van der Waals surface area contributed by atoms with Gasteiger partial charge in [0.05, 0.1) is 9.89 Å². The van der Waals surface area contributed by atoms with Crippen molar-refractivity contribution in [2.45, 2.75) is 39.7 Å². The molecule has 1 fully saturated rings. The van der Waals surface area contributed by atoms with Gasteiger partial charge in [-0.25, -0.2) is 0 Å². The van der Waals surface area contributed by atoms with Gasteiger partial charge in [-0.3, -0.25) is 4.79 Å². The third-order valence-electron chi connectivity index (χ3n) is 3.81. The second kappa shape index (κ2) is 4.45. The topological polar surface area (TPSA) is 26.3 Å². The predicted molar refractivity (Wildman–Crippen MR) is 71.3 cm³/mol. The molecule has 0 saturated heterocycles. The predicted octanol–water partition coefficient (Wildman–Crippen LogP) is 3.89. The highest BCUT2D eigenvalue weighted by Gasteiger charge is 2.51. The number of halogens is 1. The van der Waals surface area contributed by atoms with Gasteiger partial charge in [0, 0.05) is 6.42 Å². The lowest BCUT2D eigenvalue weighted by molar-refractivity contribution is -0.150. The highest BCUT2D eigenvalue weighted by Crippen LogP contribution is 2.43. The van der Waals surface area contributed by atoms with Crippen molar-refractivity contribution in [3.05, 3.63) is 28.2 Å². The van der Waals surface area contributed by atoms with Crippen LogP contribution < -0.4 is 4.74 Å². The Bertz CT molecular complexity index is 456. The average molecular weight is 297 g/mol. The van der Waals surface area contributed by atoms with E-state index < -0.39 is 0 Å². The Morgan fingerprint density at radius 3 is 2.76 bits per heavy atom. The Kier molecular flexibility index (Phi) is 3.30. The molecular weight excluding hydrogens is 280 g/mol. The second-order valence-corrected chi connectivity index (χ2v) is 5.79. The van der Waals surface area contributed by atoms with Crippen LogP contribution >= 0.6 is 15.9 Å². The molecular formula is C14H17BrO2. The molecule has 0 aliphatic heterocycles. The standard InChI is InChI=1S/C14H17BrO2/c1-4-14(3)12(16)8-13(14)17-11-6-5-9(2)7-10(11)15/h5-7,13H,4,8H2,1-3H3. The SMILES string of the molecule is CCC1(C)C(=O)CC1Oc1ccc(C)cc1Br. The molecule has 0 spiro atoms. The van der Waals surface area contributed by atoms with Crippen molar-refractivity contribution in [1.29, 1.82) is 0 Å². The fraction of sp³-hybridized carbons (Fsp3) is 0.500. The van der Waals surface area contributed by atoms with Gasteiger partial charge in [-0.2, -0.15) is 0 Å². The lowest BCUT2D eigenvalue weighted by atomic mass is 9.64. The molecule has 0 aromatic heterocycles. The van der Waals surface area contributed by atoms with Crippen LogP contribution in [0.1, 0.15) is 32.3 Å².